The molecule has 0 bridgehead atoms. The largest absolute Gasteiger partial charge is 0.241 e. The SMILES string of the molecule is CC(=CSc1cccc(C)c1)/C(=N\c1ccccc1)Sc1cccc(C)c1. The van der Waals surface area contributed by atoms with Gasteiger partial charge in [-0.05, 0) is 68.2 Å². The highest BCUT2D eigenvalue weighted by Gasteiger charge is 2.07. The summed E-state index contributed by atoms with van der Waals surface area (Å²) in [5.74, 6) is 0. The van der Waals surface area contributed by atoms with Crippen LogP contribution < -0.4 is 0 Å². The number of aryl methyl sites for hydroxylation is 2. The summed E-state index contributed by atoms with van der Waals surface area (Å²) in [7, 11) is 0. The van der Waals surface area contributed by atoms with Gasteiger partial charge in [-0.15, -0.1) is 0 Å². The van der Waals surface area contributed by atoms with Crippen LogP contribution in [0.3, 0.4) is 0 Å². The number of para-hydroxylation sites is 1. The lowest BCUT2D eigenvalue weighted by molar-refractivity contribution is 1.36. The number of benzene rings is 3. The zero-order valence-corrected chi connectivity index (χ0v) is 17.5. The minimum Gasteiger partial charge on any atom is -0.241 e. The van der Waals surface area contributed by atoms with Crippen molar-refractivity contribution in [2.75, 3.05) is 0 Å². The fraction of sp³-hybridized carbons (Fsp3) is 0.125. The molecule has 0 aromatic heterocycles. The summed E-state index contributed by atoms with van der Waals surface area (Å²) in [6.07, 6.45) is 0. The summed E-state index contributed by atoms with van der Waals surface area (Å²) in [5.41, 5.74) is 4.67. The van der Waals surface area contributed by atoms with Crippen molar-refractivity contribution < 1.29 is 0 Å². The van der Waals surface area contributed by atoms with Gasteiger partial charge in [0.2, 0.25) is 0 Å². The molecule has 1 nitrogen and oxygen atoms in total. The van der Waals surface area contributed by atoms with Crippen LogP contribution in [0, 0.1) is 13.8 Å². The molecule has 136 valence electrons. The van der Waals surface area contributed by atoms with Crippen LogP contribution in [-0.4, -0.2) is 5.04 Å². The molecule has 3 aromatic carbocycles. The van der Waals surface area contributed by atoms with E-state index in [4.69, 9.17) is 4.99 Å². The molecule has 0 atom stereocenters. The van der Waals surface area contributed by atoms with E-state index in [2.05, 4.69) is 74.7 Å². The second kappa shape index (κ2) is 9.63. The number of hydrogen-bond donors (Lipinski definition) is 0. The van der Waals surface area contributed by atoms with Crippen LogP contribution in [0.2, 0.25) is 0 Å². The molecule has 0 aliphatic carbocycles. The fourth-order valence-corrected chi connectivity index (χ4v) is 4.39. The molecular formula is C24H23NS2. The first kappa shape index (κ1) is 19.5. The van der Waals surface area contributed by atoms with Crippen molar-refractivity contribution in [3.05, 3.63) is 101 Å². The van der Waals surface area contributed by atoms with Gasteiger partial charge in [0.1, 0.15) is 5.04 Å². The van der Waals surface area contributed by atoms with Gasteiger partial charge in [0.25, 0.3) is 0 Å². The molecule has 0 spiro atoms. The first-order valence-corrected chi connectivity index (χ1v) is 10.6. The summed E-state index contributed by atoms with van der Waals surface area (Å²) in [6.45, 7) is 6.37. The number of aliphatic imine (C=N–C) groups is 1. The molecule has 0 saturated heterocycles. The summed E-state index contributed by atoms with van der Waals surface area (Å²) in [4.78, 5) is 7.36. The van der Waals surface area contributed by atoms with E-state index in [0.717, 1.165) is 16.3 Å². The second-order valence-corrected chi connectivity index (χ2v) is 8.41. The molecule has 3 rings (SSSR count). The highest BCUT2D eigenvalue weighted by atomic mass is 32.2. The van der Waals surface area contributed by atoms with Crippen molar-refractivity contribution in [2.24, 2.45) is 4.99 Å². The Labute approximate surface area is 170 Å². The van der Waals surface area contributed by atoms with Gasteiger partial charge in [-0.25, -0.2) is 4.99 Å². The number of rotatable bonds is 5. The first-order chi connectivity index (χ1) is 13.1. The zero-order valence-electron chi connectivity index (χ0n) is 15.8. The van der Waals surface area contributed by atoms with Crippen molar-refractivity contribution in [1.82, 2.24) is 0 Å². The molecule has 0 aliphatic rings. The topological polar surface area (TPSA) is 12.4 Å². The van der Waals surface area contributed by atoms with Crippen LogP contribution in [0.1, 0.15) is 18.1 Å². The van der Waals surface area contributed by atoms with Crippen LogP contribution in [0.5, 0.6) is 0 Å². The minimum absolute atomic E-state index is 0.973. The van der Waals surface area contributed by atoms with E-state index in [9.17, 15) is 0 Å². The Hall–Kier alpha value is -2.23. The van der Waals surface area contributed by atoms with Crippen LogP contribution >= 0.6 is 23.5 Å². The maximum Gasteiger partial charge on any atom is 0.105 e. The number of hydrogen-bond acceptors (Lipinski definition) is 3. The van der Waals surface area contributed by atoms with E-state index in [1.165, 1.54) is 20.9 Å². The van der Waals surface area contributed by atoms with Gasteiger partial charge in [0.05, 0.1) is 5.69 Å². The van der Waals surface area contributed by atoms with Crippen molar-refractivity contribution in [3.63, 3.8) is 0 Å². The first-order valence-electron chi connectivity index (χ1n) is 8.89. The number of thioether (sulfide) groups is 2. The standard InChI is InChI=1S/C24H23NS2/c1-18-9-7-13-22(15-18)26-17-20(3)24(25-21-11-5-4-6-12-21)27-23-14-8-10-19(2)16-23/h4-17H,1-3H3/b20-17?,25-24+. The Kier molecular flexibility index (Phi) is 6.97. The molecule has 0 aliphatic heterocycles. The molecule has 0 radical (unpaired) electrons. The Morgan fingerprint density at radius 3 is 2.07 bits per heavy atom. The van der Waals surface area contributed by atoms with E-state index < -0.39 is 0 Å². The smallest absolute Gasteiger partial charge is 0.105 e. The second-order valence-electron chi connectivity index (χ2n) is 6.41. The summed E-state index contributed by atoms with van der Waals surface area (Å²) >= 11 is 3.45. The molecule has 0 saturated carbocycles. The zero-order chi connectivity index (χ0) is 19.1. The van der Waals surface area contributed by atoms with Gasteiger partial charge in [-0.2, -0.15) is 0 Å². The maximum absolute atomic E-state index is 4.91. The van der Waals surface area contributed by atoms with E-state index in [0.29, 0.717) is 0 Å². The van der Waals surface area contributed by atoms with Crippen molar-refractivity contribution in [1.29, 1.82) is 0 Å². The monoisotopic (exact) mass is 389 g/mol. The average molecular weight is 390 g/mol. The quantitative estimate of drug-likeness (QED) is 0.250. The van der Waals surface area contributed by atoms with Crippen LogP contribution in [0.15, 0.2) is 105 Å². The Bertz CT molecular complexity index is 959. The normalized spacial score (nSPS) is 12.3. The summed E-state index contributed by atoms with van der Waals surface area (Å²) in [6, 6.07) is 27.3. The Morgan fingerprint density at radius 1 is 0.778 bits per heavy atom. The number of nitrogens with zero attached hydrogens (tertiary/aromatic N) is 1. The lowest BCUT2D eigenvalue weighted by Gasteiger charge is -2.08. The fourth-order valence-electron chi connectivity index (χ4n) is 2.50. The van der Waals surface area contributed by atoms with E-state index in [-0.39, 0.29) is 0 Å². The molecule has 0 unspecified atom stereocenters. The minimum atomic E-state index is 0.973. The van der Waals surface area contributed by atoms with Gasteiger partial charge in [0, 0.05) is 9.79 Å². The predicted molar refractivity (Wildman–Crippen MR) is 121 cm³/mol. The average Bonchev–Trinajstić information content (AvgIpc) is 2.66. The molecule has 0 N–H and O–H groups in total. The van der Waals surface area contributed by atoms with Crippen molar-refractivity contribution >= 4 is 34.3 Å². The molecule has 27 heavy (non-hydrogen) atoms. The molecule has 0 amide bonds. The maximum atomic E-state index is 4.91. The van der Waals surface area contributed by atoms with E-state index >= 15 is 0 Å². The molecule has 3 aromatic rings. The third-order valence-corrected chi connectivity index (χ3v) is 5.98. The van der Waals surface area contributed by atoms with Gasteiger partial charge < -0.3 is 0 Å². The predicted octanol–water partition coefficient (Wildman–Crippen LogP) is 7.82. The third kappa shape index (κ3) is 6.16. The van der Waals surface area contributed by atoms with Gasteiger partial charge in [0.15, 0.2) is 0 Å². The summed E-state index contributed by atoms with van der Waals surface area (Å²) in [5, 5.41) is 3.21. The Morgan fingerprint density at radius 2 is 1.41 bits per heavy atom. The van der Waals surface area contributed by atoms with Crippen LogP contribution in [-0.2, 0) is 0 Å². The van der Waals surface area contributed by atoms with Gasteiger partial charge in [-0.1, -0.05) is 77.1 Å². The van der Waals surface area contributed by atoms with E-state index in [1.54, 1.807) is 23.5 Å². The van der Waals surface area contributed by atoms with Crippen molar-refractivity contribution in [3.8, 4) is 0 Å². The van der Waals surface area contributed by atoms with E-state index in [1.807, 2.05) is 30.3 Å². The molecule has 0 heterocycles. The van der Waals surface area contributed by atoms with Gasteiger partial charge >= 0.3 is 0 Å². The van der Waals surface area contributed by atoms with Crippen LogP contribution in [0.25, 0.3) is 0 Å². The molecular weight excluding hydrogens is 366 g/mol. The highest BCUT2D eigenvalue weighted by molar-refractivity contribution is 8.14. The molecule has 3 heteroatoms. The van der Waals surface area contributed by atoms with Crippen LogP contribution in [0.4, 0.5) is 5.69 Å². The lowest BCUT2D eigenvalue weighted by atomic mass is 10.2. The van der Waals surface area contributed by atoms with Gasteiger partial charge in [-0.3, -0.25) is 0 Å². The highest BCUT2D eigenvalue weighted by Crippen LogP contribution is 2.29. The van der Waals surface area contributed by atoms with Crippen molar-refractivity contribution in [2.45, 2.75) is 30.6 Å². The molecule has 0 fully saturated rings. The lowest BCUT2D eigenvalue weighted by Crippen LogP contribution is -1.94. The summed E-state index contributed by atoms with van der Waals surface area (Å²) < 4.78 is 0. The third-order valence-electron chi connectivity index (χ3n) is 3.89. The Balaban J connectivity index is 1.88.